The zero-order valence-corrected chi connectivity index (χ0v) is 13.5. The van der Waals surface area contributed by atoms with Crippen LogP contribution in [-0.2, 0) is 13.2 Å². The maximum atomic E-state index is 6.09. The van der Waals surface area contributed by atoms with Gasteiger partial charge in [-0.05, 0) is 17.7 Å². The van der Waals surface area contributed by atoms with Crippen molar-refractivity contribution in [1.82, 2.24) is 4.98 Å². The maximum Gasteiger partial charge on any atom is 0.345 e. The van der Waals surface area contributed by atoms with E-state index in [0.717, 1.165) is 29.9 Å². The van der Waals surface area contributed by atoms with Gasteiger partial charge in [0.15, 0.2) is 17.0 Å². The molecule has 0 atom stereocenters. The fourth-order valence-electron chi connectivity index (χ4n) is 3.04. The third kappa shape index (κ3) is 2.36. The van der Waals surface area contributed by atoms with Gasteiger partial charge in [-0.25, -0.2) is 4.57 Å². The average Bonchev–Trinajstić information content (AvgIpc) is 3.11. The Morgan fingerprint density at radius 3 is 2.83 bits per heavy atom. The van der Waals surface area contributed by atoms with Gasteiger partial charge in [0.25, 0.3) is 0 Å². The number of fused-ring (bicyclic) bond motifs is 3. The molecule has 2 aromatic carbocycles. The number of hydrogen-bond acceptors (Lipinski definition) is 5. The molecule has 0 spiro atoms. The quantitative estimate of drug-likeness (QED) is 0.720. The number of nitrogens with two attached hydrogens (primary N) is 1. The smallest absolute Gasteiger partial charge is 0.345 e. The summed E-state index contributed by atoms with van der Waals surface area (Å²) < 4.78 is 13.5. The molecule has 0 radical (unpaired) electrons. The number of rotatable bonds is 4. The number of benzene rings is 2. The Hall–Kier alpha value is -3.02. The topological polar surface area (TPSA) is 73.3 Å². The molecular formula is C18H19N4O2+. The van der Waals surface area contributed by atoms with Gasteiger partial charge in [-0.1, -0.05) is 30.3 Å². The van der Waals surface area contributed by atoms with Crippen molar-refractivity contribution in [3.8, 4) is 11.5 Å². The van der Waals surface area contributed by atoms with Gasteiger partial charge in [0.05, 0.1) is 25.6 Å². The zero-order chi connectivity index (χ0) is 16.5. The fourth-order valence-corrected chi connectivity index (χ4v) is 3.04. The lowest BCUT2D eigenvalue weighted by atomic mass is 10.2. The normalized spacial score (nSPS) is 12.7. The van der Waals surface area contributed by atoms with Crippen molar-refractivity contribution >= 4 is 22.7 Å². The van der Waals surface area contributed by atoms with Gasteiger partial charge in [-0.15, -0.1) is 4.98 Å². The van der Waals surface area contributed by atoms with Gasteiger partial charge in [0.1, 0.15) is 6.61 Å². The summed E-state index contributed by atoms with van der Waals surface area (Å²) in [7, 11) is 1.62. The molecular weight excluding hydrogens is 304 g/mol. The number of anilines is 2. The second-order valence-corrected chi connectivity index (χ2v) is 5.66. The molecule has 1 aliphatic heterocycles. The molecule has 3 N–H and O–H groups in total. The molecule has 0 amide bonds. The maximum absolute atomic E-state index is 6.09. The first-order chi connectivity index (χ1) is 11.8. The van der Waals surface area contributed by atoms with Crippen molar-refractivity contribution in [2.24, 2.45) is 0 Å². The van der Waals surface area contributed by atoms with Crippen LogP contribution in [0.25, 0.3) is 10.9 Å². The largest absolute Gasteiger partial charge is 0.490 e. The highest BCUT2D eigenvalue weighted by Crippen LogP contribution is 2.37. The van der Waals surface area contributed by atoms with E-state index in [1.54, 1.807) is 7.11 Å². The van der Waals surface area contributed by atoms with Crippen LogP contribution < -0.4 is 25.1 Å². The zero-order valence-electron chi connectivity index (χ0n) is 13.5. The molecule has 1 aliphatic rings. The summed E-state index contributed by atoms with van der Waals surface area (Å²) in [5.74, 6) is 2.71. The number of hydrogen-bond donors (Lipinski definition) is 2. The summed E-state index contributed by atoms with van der Waals surface area (Å²) in [6.07, 6.45) is 0. The predicted molar refractivity (Wildman–Crippen MR) is 92.2 cm³/mol. The second kappa shape index (κ2) is 5.88. The molecule has 0 aliphatic carbocycles. The SMILES string of the molecule is COc1c(OCc2ccccc2)ccc2c3[n+](c(N)nc12)CCN3. The molecule has 0 saturated heterocycles. The molecule has 0 fully saturated rings. The van der Waals surface area contributed by atoms with Crippen molar-refractivity contribution in [2.45, 2.75) is 13.2 Å². The predicted octanol–water partition coefficient (Wildman–Crippen LogP) is 2.12. The van der Waals surface area contributed by atoms with Gasteiger partial charge in [0, 0.05) is 0 Å². The van der Waals surface area contributed by atoms with Crippen molar-refractivity contribution < 1.29 is 14.0 Å². The Morgan fingerprint density at radius 1 is 1.21 bits per heavy atom. The number of nitrogen functional groups attached to an aromatic ring is 1. The van der Waals surface area contributed by atoms with E-state index < -0.39 is 0 Å². The molecule has 0 unspecified atom stereocenters. The number of aromatic nitrogens is 2. The molecule has 122 valence electrons. The Morgan fingerprint density at radius 2 is 2.04 bits per heavy atom. The van der Waals surface area contributed by atoms with E-state index in [1.807, 2.05) is 47.0 Å². The molecule has 6 heteroatoms. The second-order valence-electron chi connectivity index (χ2n) is 5.66. The van der Waals surface area contributed by atoms with Crippen molar-refractivity contribution in [2.75, 3.05) is 24.7 Å². The Labute approximate surface area is 139 Å². The first-order valence-electron chi connectivity index (χ1n) is 7.88. The molecule has 0 saturated carbocycles. The van der Waals surface area contributed by atoms with Gasteiger partial charge in [-0.2, -0.15) is 0 Å². The minimum absolute atomic E-state index is 0.468. The van der Waals surface area contributed by atoms with E-state index in [1.165, 1.54) is 0 Å². The summed E-state index contributed by atoms with van der Waals surface area (Å²) in [5, 5.41) is 4.34. The van der Waals surface area contributed by atoms with Crippen LogP contribution in [0.5, 0.6) is 11.5 Å². The van der Waals surface area contributed by atoms with E-state index in [2.05, 4.69) is 10.3 Å². The monoisotopic (exact) mass is 323 g/mol. The number of nitrogens with one attached hydrogen (secondary N) is 1. The van der Waals surface area contributed by atoms with Crippen molar-refractivity contribution in [3.05, 3.63) is 48.0 Å². The third-order valence-corrected chi connectivity index (χ3v) is 4.19. The van der Waals surface area contributed by atoms with Crippen LogP contribution in [0.3, 0.4) is 0 Å². The average molecular weight is 323 g/mol. The third-order valence-electron chi connectivity index (χ3n) is 4.19. The van der Waals surface area contributed by atoms with Crippen LogP contribution in [0.1, 0.15) is 5.56 Å². The van der Waals surface area contributed by atoms with Crippen LogP contribution in [0, 0.1) is 0 Å². The van der Waals surface area contributed by atoms with Crippen molar-refractivity contribution in [3.63, 3.8) is 0 Å². The summed E-state index contributed by atoms with van der Waals surface area (Å²) in [5.41, 5.74) is 7.90. The molecule has 24 heavy (non-hydrogen) atoms. The Balaban J connectivity index is 1.76. The number of methoxy groups -OCH3 is 1. The fraction of sp³-hybridized carbons (Fsp3) is 0.222. The highest BCUT2D eigenvalue weighted by molar-refractivity contribution is 5.94. The lowest BCUT2D eigenvalue weighted by Gasteiger charge is -2.13. The lowest BCUT2D eigenvalue weighted by Crippen LogP contribution is -2.36. The summed E-state index contributed by atoms with van der Waals surface area (Å²) in [4.78, 5) is 4.53. The Kier molecular flexibility index (Phi) is 3.57. The van der Waals surface area contributed by atoms with Gasteiger partial charge < -0.3 is 20.5 Å². The summed E-state index contributed by atoms with van der Waals surface area (Å²) in [6, 6.07) is 13.9. The number of nitrogens with zero attached hydrogens (tertiary/aromatic N) is 2. The molecule has 6 nitrogen and oxygen atoms in total. The Bertz CT molecular complexity index is 897. The van der Waals surface area contributed by atoms with Crippen LogP contribution in [0.15, 0.2) is 42.5 Å². The summed E-state index contributed by atoms with van der Waals surface area (Å²) >= 11 is 0. The first kappa shape index (κ1) is 14.6. The lowest BCUT2D eigenvalue weighted by molar-refractivity contribution is -0.657. The van der Waals surface area contributed by atoms with Crippen LogP contribution >= 0.6 is 0 Å². The molecule has 1 aromatic heterocycles. The molecule has 3 aromatic rings. The van der Waals surface area contributed by atoms with Gasteiger partial charge in [-0.3, -0.25) is 0 Å². The van der Waals surface area contributed by atoms with E-state index in [0.29, 0.717) is 29.6 Å². The molecule has 4 rings (SSSR count). The minimum Gasteiger partial charge on any atom is -0.490 e. The van der Waals surface area contributed by atoms with Crippen LogP contribution in [0.2, 0.25) is 0 Å². The van der Waals surface area contributed by atoms with E-state index in [9.17, 15) is 0 Å². The highest BCUT2D eigenvalue weighted by Gasteiger charge is 2.26. The molecule has 0 bridgehead atoms. The van der Waals surface area contributed by atoms with Gasteiger partial charge in [0.2, 0.25) is 5.82 Å². The standard InChI is InChI=1S/C18H18N4O2/c1-23-16-14(24-11-12-5-3-2-4-6-12)8-7-13-15(16)21-18(19)22-10-9-20-17(13)22/h2-8H,9-11H2,1H3,(H2,19,20,21)/p+1. The number of ether oxygens (including phenoxy) is 2. The highest BCUT2D eigenvalue weighted by atomic mass is 16.5. The van der Waals surface area contributed by atoms with E-state index in [4.69, 9.17) is 15.2 Å². The molecule has 2 heterocycles. The van der Waals surface area contributed by atoms with E-state index >= 15 is 0 Å². The van der Waals surface area contributed by atoms with Crippen LogP contribution in [0.4, 0.5) is 11.8 Å². The van der Waals surface area contributed by atoms with Crippen molar-refractivity contribution in [1.29, 1.82) is 0 Å². The van der Waals surface area contributed by atoms with Crippen LogP contribution in [-0.4, -0.2) is 18.6 Å². The van der Waals surface area contributed by atoms with E-state index in [-0.39, 0.29) is 0 Å². The van der Waals surface area contributed by atoms with Gasteiger partial charge >= 0.3 is 5.95 Å². The minimum atomic E-state index is 0.468. The summed E-state index contributed by atoms with van der Waals surface area (Å²) in [6.45, 7) is 2.13. The first-order valence-corrected chi connectivity index (χ1v) is 7.88.